The zero-order valence-electron chi connectivity index (χ0n) is 6.91. The van der Waals surface area contributed by atoms with Gasteiger partial charge in [-0.1, -0.05) is 32.8 Å². The average Bonchev–Trinajstić information content (AvgIpc) is 2.17. The molecule has 60 valence electrons. The summed E-state index contributed by atoms with van der Waals surface area (Å²) in [7, 11) is 0.821. The van der Waals surface area contributed by atoms with E-state index in [1.807, 2.05) is 18.5 Å². The third-order valence-electron chi connectivity index (χ3n) is 1.94. The molecule has 0 N–H and O–H groups in total. The maximum Gasteiger partial charge on any atom is 0.0348 e. The highest BCUT2D eigenvalue weighted by atomic mass is 31.1. The van der Waals surface area contributed by atoms with E-state index in [2.05, 4.69) is 29.8 Å². The maximum atomic E-state index is 4.19. The molecular weight excluding hydrogens is 165 g/mol. The van der Waals surface area contributed by atoms with Crippen molar-refractivity contribution in [1.29, 1.82) is 0 Å². The molecule has 1 heterocycles. The van der Waals surface area contributed by atoms with E-state index in [0.717, 1.165) is 8.58 Å². The molecule has 0 aliphatic heterocycles. The van der Waals surface area contributed by atoms with Gasteiger partial charge < -0.3 is 0 Å². The van der Waals surface area contributed by atoms with Crippen LogP contribution in [0.25, 0.3) is 10.8 Å². The number of aromatic nitrogens is 1. The number of hydrogen-bond acceptors (Lipinski definition) is 1. The molecule has 1 aromatic heterocycles. The third kappa shape index (κ3) is 1.21. The Labute approximate surface area is 73.6 Å². The second kappa shape index (κ2) is 3.20. The van der Waals surface area contributed by atoms with Crippen molar-refractivity contribution in [1.82, 2.24) is 4.98 Å². The second-order valence-electron chi connectivity index (χ2n) is 2.66. The first-order valence-electron chi connectivity index (χ1n) is 3.92. The molecule has 0 bridgehead atoms. The van der Waals surface area contributed by atoms with Gasteiger partial charge in [-0.25, -0.2) is 0 Å². The van der Waals surface area contributed by atoms with Crippen molar-refractivity contribution >= 4 is 24.7 Å². The molecule has 0 amide bonds. The first-order valence-corrected chi connectivity index (χ1v) is 5.42. The number of rotatable bonds is 1. The smallest absolute Gasteiger partial charge is 0.0348 e. The van der Waals surface area contributed by atoms with E-state index in [4.69, 9.17) is 0 Å². The van der Waals surface area contributed by atoms with Crippen molar-refractivity contribution in [2.75, 3.05) is 6.66 Å². The Morgan fingerprint density at radius 3 is 2.83 bits per heavy atom. The average molecular weight is 175 g/mol. The summed E-state index contributed by atoms with van der Waals surface area (Å²) >= 11 is 0. The van der Waals surface area contributed by atoms with Crippen LogP contribution in [-0.4, -0.2) is 11.6 Å². The lowest BCUT2D eigenvalue weighted by atomic mass is 10.2. The van der Waals surface area contributed by atoms with Crippen LogP contribution < -0.4 is 5.30 Å². The molecule has 12 heavy (non-hydrogen) atoms. The van der Waals surface area contributed by atoms with Crippen molar-refractivity contribution in [2.45, 2.75) is 0 Å². The SMILES string of the molecule is CPc1cncc2ccccc12. The molecule has 0 fully saturated rings. The summed E-state index contributed by atoms with van der Waals surface area (Å²) in [6.07, 6.45) is 3.87. The summed E-state index contributed by atoms with van der Waals surface area (Å²) in [5.74, 6) is 0. The molecule has 1 atom stereocenters. The Hall–Kier alpha value is -0.940. The first kappa shape index (κ1) is 7.70. The van der Waals surface area contributed by atoms with Crippen molar-refractivity contribution in [3.8, 4) is 0 Å². The van der Waals surface area contributed by atoms with Gasteiger partial charge in [-0.2, -0.15) is 0 Å². The lowest BCUT2D eigenvalue weighted by Gasteiger charge is -2.01. The van der Waals surface area contributed by atoms with E-state index in [1.165, 1.54) is 16.1 Å². The van der Waals surface area contributed by atoms with Crippen LogP contribution in [0.4, 0.5) is 0 Å². The van der Waals surface area contributed by atoms with Crippen LogP contribution in [0.3, 0.4) is 0 Å². The molecular formula is C10H10NP. The molecule has 2 aromatic rings. The summed E-state index contributed by atoms with van der Waals surface area (Å²) in [5.41, 5.74) is 0. The minimum atomic E-state index is 0.821. The Balaban J connectivity index is 2.79. The number of benzene rings is 1. The monoisotopic (exact) mass is 175 g/mol. The van der Waals surface area contributed by atoms with E-state index in [9.17, 15) is 0 Å². The molecule has 0 spiro atoms. The van der Waals surface area contributed by atoms with Crippen LogP contribution in [0.15, 0.2) is 36.7 Å². The lowest BCUT2D eigenvalue weighted by Crippen LogP contribution is -1.96. The Kier molecular flexibility index (Phi) is 2.05. The number of fused-ring (bicyclic) bond motifs is 1. The van der Waals surface area contributed by atoms with Crippen LogP contribution >= 0.6 is 8.58 Å². The molecule has 1 nitrogen and oxygen atoms in total. The highest BCUT2D eigenvalue weighted by Gasteiger charge is 1.96. The minimum absolute atomic E-state index is 0.821. The molecule has 0 saturated carbocycles. The summed E-state index contributed by atoms with van der Waals surface area (Å²) < 4.78 is 0. The topological polar surface area (TPSA) is 12.9 Å². The summed E-state index contributed by atoms with van der Waals surface area (Å²) in [6.45, 7) is 2.18. The van der Waals surface area contributed by atoms with Crippen molar-refractivity contribution < 1.29 is 0 Å². The summed E-state index contributed by atoms with van der Waals surface area (Å²) in [5, 5.41) is 3.94. The van der Waals surface area contributed by atoms with Crippen molar-refractivity contribution in [3.05, 3.63) is 36.7 Å². The van der Waals surface area contributed by atoms with Gasteiger partial charge in [-0.3, -0.25) is 4.98 Å². The van der Waals surface area contributed by atoms with E-state index in [1.54, 1.807) is 0 Å². The highest BCUT2D eigenvalue weighted by molar-refractivity contribution is 7.47. The summed E-state index contributed by atoms with van der Waals surface area (Å²) in [4.78, 5) is 4.19. The van der Waals surface area contributed by atoms with Gasteiger partial charge in [-0.15, -0.1) is 0 Å². The van der Waals surface area contributed by atoms with Gasteiger partial charge in [-0.05, 0) is 17.4 Å². The van der Waals surface area contributed by atoms with Crippen LogP contribution in [0.2, 0.25) is 0 Å². The van der Waals surface area contributed by atoms with Gasteiger partial charge >= 0.3 is 0 Å². The first-order chi connectivity index (χ1) is 5.92. The van der Waals surface area contributed by atoms with Crippen LogP contribution in [0.1, 0.15) is 0 Å². The van der Waals surface area contributed by atoms with Crippen molar-refractivity contribution in [3.63, 3.8) is 0 Å². The van der Waals surface area contributed by atoms with E-state index in [-0.39, 0.29) is 0 Å². The summed E-state index contributed by atoms with van der Waals surface area (Å²) in [6, 6.07) is 8.38. The highest BCUT2D eigenvalue weighted by Crippen LogP contribution is 2.15. The van der Waals surface area contributed by atoms with E-state index >= 15 is 0 Å². The number of nitrogens with zero attached hydrogens (tertiary/aromatic N) is 1. The molecule has 0 radical (unpaired) electrons. The molecule has 1 aromatic carbocycles. The Bertz CT molecular complexity index is 392. The minimum Gasteiger partial charge on any atom is -0.263 e. The predicted molar refractivity (Wildman–Crippen MR) is 55.6 cm³/mol. The number of pyridine rings is 1. The molecule has 0 aliphatic carbocycles. The molecule has 0 aliphatic rings. The van der Waals surface area contributed by atoms with Gasteiger partial charge in [0.2, 0.25) is 0 Å². The van der Waals surface area contributed by atoms with E-state index in [0.29, 0.717) is 0 Å². The fraction of sp³-hybridized carbons (Fsp3) is 0.100. The largest absolute Gasteiger partial charge is 0.263 e. The molecule has 1 unspecified atom stereocenters. The molecule has 2 heteroatoms. The second-order valence-corrected chi connectivity index (χ2v) is 3.70. The van der Waals surface area contributed by atoms with Crippen LogP contribution in [0, 0.1) is 0 Å². The standard InChI is InChI=1S/C10H10NP/c1-12-10-7-11-6-8-4-2-3-5-9(8)10/h2-7,12H,1H3. The quantitative estimate of drug-likeness (QED) is 0.605. The number of hydrogen-bond donors (Lipinski definition) is 0. The fourth-order valence-electron chi connectivity index (χ4n) is 1.32. The molecule has 2 rings (SSSR count). The predicted octanol–water partition coefficient (Wildman–Crippen LogP) is 2.17. The zero-order valence-corrected chi connectivity index (χ0v) is 7.91. The zero-order chi connectivity index (χ0) is 8.39. The normalized spacial score (nSPS) is 11.4. The van der Waals surface area contributed by atoms with Gasteiger partial charge in [0.1, 0.15) is 0 Å². The molecule has 0 saturated heterocycles. The third-order valence-corrected chi connectivity index (χ3v) is 2.87. The van der Waals surface area contributed by atoms with Gasteiger partial charge in [0.25, 0.3) is 0 Å². The van der Waals surface area contributed by atoms with Crippen LogP contribution in [-0.2, 0) is 0 Å². The lowest BCUT2D eigenvalue weighted by molar-refractivity contribution is 1.38. The van der Waals surface area contributed by atoms with Crippen molar-refractivity contribution in [2.24, 2.45) is 0 Å². The maximum absolute atomic E-state index is 4.19. The van der Waals surface area contributed by atoms with Gasteiger partial charge in [0.05, 0.1) is 0 Å². The van der Waals surface area contributed by atoms with Crippen LogP contribution in [0.5, 0.6) is 0 Å². The van der Waals surface area contributed by atoms with Gasteiger partial charge in [0, 0.05) is 17.8 Å². The van der Waals surface area contributed by atoms with E-state index < -0.39 is 0 Å². The Morgan fingerprint density at radius 1 is 1.17 bits per heavy atom. The Morgan fingerprint density at radius 2 is 2.00 bits per heavy atom. The van der Waals surface area contributed by atoms with Gasteiger partial charge in [0.15, 0.2) is 0 Å². The fourth-order valence-corrected chi connectivity index (χ4v) is 2.02.